The second kappa shape index (κ2) is 8.39. The van der Waals surface area contributed by atoms with Gasteiger partial charge in [0.25, 0.3) is 5.91 Å². The maximum atomic E-state index is 12.9. The topological polar surface area (TPSA) is 80.9 Å². The lowest BCUT2D eigenvalue weighted by molar-refractivity contribution is -0.137. The lowest BCUT2D eigenvalue weighted by Crippen LogP contribution is -2.48. The van der Waals surface area contributed by atoms with Crippen molar-refractivity contribution in [3.63, 3.8) is 0 Å². The smallest absolute Gasteiger partial charge is 0.416 e. The first-order chi connectivity index (χ1) is 15.9. The van der Waals surface area contributed by atoms with Crippen LogP contribution < -0.4 is 9.47 Å². The molecule has 33 heavy (non-hydrogen) atoms. The van der Waals surface area contributed by atoms with Gasteiger partial charge in [-0.1, -0.05) is 17.3 Å². The number of fused-ring (bicyclic) bond motifs is 1. The van der Waals surface area contributed by atoms with Crippen LogP contribution in [0.1, 0.15) is 21.8 Å². The molecule has 0 aliphatic carbocycles. The van der Waals surface area contributed by atoms with E-state index in [1.54, 1.807) is 23.1 Å². The maximum Gasteiger partial charge on any atom is 0.416 e. The summed E-state index contributed by atoms with van der Waals surface area (Å²) in [6.45, 7) is 2.72. The van der Waals surface area contributed by atoms with E-state index < -0.39 is 11.7 Å². The van der Waals surface area contributed by atoms with Gasteiger partial charge in [-0.15, -0.1) is 0 Å². The number of aromatic nitrogens is 2. The van der Waals surface area contributed by atoms with Gasteiger partial charge in [-0.25, -0.2) is 0 Å². The van der Waals surface area contributed by atoms with Crippen molar-refractivity contribution < 1.29 is 32.0 Å². The van der Waals surface area contributed by atoms with Crippen molar-refractivity contribution in [1.29, 1.82) is 0 Å². The van der Waals surface area contributed by atoms with Crippen LogP contribution >= 0.6 is 0 Å². The maximum absolute atomic E-state index is 12.9. The number of rotatable bonds is 4. The van der Waals surface area contributed by atoms with Crippen LogP contribution in [0.2, 0.25) is 0 Å². The Labute approximate surface area is 186 Å². The largest absolute Gasteiger partial charge is 0.454 e. The van der Waals surface area contributed by atoms with Crippen LogP contribution in [0, 0.1) is 0 Å². The van der Waals surface area contributed by atoms with E-state index in [0.29, 0.717) is 55.7 Å². The highest BCUT2D eigenvalue weighted by Gasteiger charge is 2.31. The highest BCUT2D eigenvalue weighted by molar-refractivity contribution is 5.95. The van der Waals surface area contributed by atoms with Crippen molar-refractivity contribution >= 4 is 5.91 Å². The van der Waals surface area contributed by atoms with Crippen LogP contribution in [0.3, 0.4) is 0 Å². The molecule has 172 valence electrons. The Morgan fingerprint density at radius 2 is 1.79 bits per heavy atom. The molecule has 1 aromatic heterocycles. The summed E-state index contributed by atoms with van der Waals surface area (Å²) in [7, 11) is 0. The number of carbonyl (C=O) groups is 1. The lowest BCUT2D eigenvalue weighted by atomic mass is 10.1. The van der Waals surface area contributed by atoms with Gasteiger partial charge in [0.1, 0.15) is 0 Å². The normalized spacial score (nSPS) is 16.3. The van der Waals surface area contributed by atoms with E-state index in [-0.39, 0.29) is 24.1 Å². The number of carbonyl (C=O) groups excluding carboxylic acids is 1. The zero-order chi connectivity index (χ0) is 23.0. The molecule has 0 N–H and O–H groups in total. The number of piperazine rings is 1. The van der Waals surface area contributed by atoms with Gasteiger partial charge in [0.05, 0.1) is 12.1 Å². The summed E-state index contributed by atoms with van der Waals surface area (Å²) in [5.41, 5.74) is 0.00361. The molecule has 1 saturated heterocycles. The van der Waals surface area contributed by atoms with Crippen LogP contribution in [0.4, 0.5) is 13.2 Å². The minimum absolute atomic E-state index is 0.0856. The fourth-order valence-electron chi connectivity index (χ4n) is 3.78. The van der Waals surface area contributed by atoms with Crippen LogP contribution in [-0.4, -0.2) is 58.8 Å². The molecule has 1 amide bonds. The third-order valence-electron chi connectivity index (χ3n) is 5.55. The van der Waals surface area contributed by atoms with Crippen LogP contribution in [0.15, 0.2) is 47.0 Å². The van der Waals surface area contributed by atoms with E-state index in [0.717, 1.165) is 12.1 Å². The monoisotopic (exact) mass is 460 g/mol. The highest BCUT2D eigenvalue weighted by atomic mass is 19.4. The van der Waals surface area contributed by atoms with E-state index in [2.05, 4.69) is 10.1 Å². The van der Waals surface area contributed by atoms with E-state index in [9.17, 15) is 18.0 Å². The molecule has 2 aliphatic rings. The van der Waals surface area contributed by atoms with Gasteiger partial charge >= 0.3 is 6.18 Å². The van der Waals surface area contributed by atoms with Gasteiger partial charge in [-0.3, -0.25) is 9.69 Å². The standard InChI is InChI=1S/C22H19F3N4O4/c23-22(24,25)16-3-1-2-14(10-16)20-26-19(33-27-20)12-28-6-8-29(9-7-28)21(30)15-4-5-17-18(11-15)32-13-31-17/h1-5,10-11H,6-9,12-13H2. The van der Waals surface area contributed by atoms with E-state index in [4.69, 9.17) is 14.0 Å². The molecule has 3 aromatic rings. The zero-order valence-corrected chi connectivity index (χ0v) is 17.3. The zero-order valence-electron chi connectivity index (χ0n) is 17.3. The molecule has 8 nitrogen and oxygen atoms in total. The molecule has 2 aliphatic heterocycles. The van der Waals surface area contributed by atoms with Crippen molar-refractivity contribution in [2.45, 2.75) is 12.7 Å². The van der Waals surface area contributed by atoms with Crippen molar-refractivity contribution in [2.24, 2.45) is 0 Å². The minimum atomic E-state index is -4.44. The third-order valence-corrected chi connectivity index (χ3v) is 5.55. The molecule has 0 radical (unpaired) electrons. The molecule has 5 rings (SSSR count). The second-order valence-corrected chi connectivity index (χ2v) is 7.73. The Morgan fingerprint density at radius 1 is 1.00 bits per heavy atom. The number of benzene rings is 2. The third kappa shape index (κ3) is 4.49. The number of ether oxygens (including phenoxy) is 2. The number of amides is 1. The summed E-state index contributed by atoms with van der Waals surface area (Å²) >= 11 is 0. The first-order valence-electron chi connectivity index (χ1n) is 10.3. The molecule has 2 aromatic carbocycles. The summed E-state index contributed by atoms with van der Waals surface area (Å²) in [4.78, 5) is 20.9. The van der Waals surface area contributed by atoms with E-state index >= 15 is 0 Å². The van der Waals surface area contributed by atoms with Crippen LogP contribution in [-0.2, 0) is 12.7 Å². The van der Waals surface area contributed by atoms with E-state index in [1.807, 2.05) is 4.90 Å². The van der Waals surface area contributed by atoms with Gasteiger partial charge in [-0.05, 0) is 30.3 Å². The van der Waals surface area contributed by atoms with Crippen LogP contribution in [0.25, 0.3) is 11.4 Å². The summed E-state index contributed by atoms with van der Waals surface area (Å²) < 4.78 is 54.7. The molecule has 0 bridgehead atoms. The number of alkyl halides is 3. The SMILES string of the molecule is O=C(c1ccc2c(c1)OCO2)N1CCN(Cc2nc(-c3cccc(C(F)(F)F)c3)no2)CC1. The summed E-state index contributed by atoms with van der Waals surface area (Å²) in [6, 6.07) is 9.93. The lowest BCUT2D eigenvalue weighted by Gasteiger charge is -2.34. The molecular formula is C22H19F3N4O4. The highest BCUT2D eigenvalue weighted by Crippen LogP contribution is 2.33. The number of hydrogen-bond acceptors (Lipinski definition) is 7. The van der Waals surface area contributed by atoms with Gasteiger partial charge in [0, 0.05) is 37.3 Å². The number of halogens is 3. The molecule has 0 unspecified atom stereocenters. The summed E-state index contributed by atoms with van der Waals surface area (Å²) in [6.07, 6.45) is -4.44. The molecule has 1 fully saturated rings. The average Bonchev–Trinajstić information content (AvgIpc) is 3.48. The Morgan fingerprint density at radius 3 is 2.58 bits per heavy atom. The van der Waals surface area contributed by atoms with Crippen molar-refractivity contribution in [2.75, 3.05) is 33.0 Å². The Kier molecular flexibility index (Phi) is 5.41. The number of hydrogen-bond donors (Lipinski definition) is 0. The van der Waals surface area contributed by atoms with Gasteiger partial charge in [-0.2, -0.15) is 18.2 Å². The van der Waals surface area contributed by atoms with Crippen molar-refractivity contribution in [3.05, 3.63) is 59.5 Å². The molecule has 0 spiro atoms. The average molecular weight is 460 g/mol. The molecule has 0 atom stereocenters. The predicted octanol–water partition coefficient (Wildman–Crippen LogP) is 3.44. The predicted molar refractivity (Wildman–Crippen MR) is 108 cm³/mol. The number of nitrogens with zero attached hydrogens (tertiary/aromatic N) is 4. The van der Waals surface area contributed by atoms with E-state index in [1.165, 1.54) is 12.1 Å². The van der Waals surface area contributed by atoms with Crippen molar-refractivity contribution in [3.8, 4) is 22.9 Å². The summed E-state index contributed by atoms with van der Waals surface area (Å²) in [5.74, 6) is 1.51. The first kappa shape index (κ1) is 21.3. The quantitative estimate of drug-likeness (QED) is 0.590. The summed E-state index contributed by atoms with van der Waals surface area (Å²) in [5, 5.41) is 3.82. The van der Waals surface area contributed by atoms with Gasteiger partial charge in [0.15, 0.2) is 11.5 Å². The molecule has 0 saturated carbocycles. The first-order valence-corrected chi connectivity index (χ1v) is 10.3. The van der Waals surface area contributed by atoms with Crippen LogP contribution in [0.5, 0.6) is 11.5 Å². The van der Waals surface area contributed by atoms with Crippen molar-refractivity contribution in [1.82, 2.24) is 19.9 Å². The Hall–Kier alpha value is -3.60. The fraction of sp³-hybridized carbons (Fsp3) is 0.318. The Bertz CT molecular complexity index is 1170. The molecule has 3 heterocycles. The molecular weight excluding hydrogens is 441 g/mol. The van der Waals surface area contributed by atoms with Gasteiger partial charge < -0.3 is 18.9 Å². The fourth-order valence-corrected chi connectivity index (χ4v) is 3.78. The van der Waals surface area contributed by atoms with Gasteiger partial charge in [0.2, 0.25) is 18.5 Å². The second-order valence-electron chi connectivity index (χ2n) is 7.73. The Balaban J connectivity index is 1.18. The minimum Gasteiger partial charge on any atom is -0.454 e. The molecule has 11 heteroatoms.